The molecular formula is C8H14O3. The SMILES string of the molecule is C=C.C=C(O)C(=O)OCCC. The fourth-order valence-electron chi connectivity index (χ4n) is 0.278. The zero-order valence-corrected chi connectivity index (χ0v) is 6.80. The number of aliphatic hydroxyl groups is 1. The van der Waals surface area contributed by atoms with E-state index < -0.39 is 11.7 Å². The molecule has 64 valence electrons. The maximum absolute atomic E-state index is 10.3. The minimum Gasteiger partial charge on any atom is -0.502 e. The molecule has 0 atom stereocenters. The first-order chi connectivity index (χ1) is 5.18. The molecule has 0 saturated carbocycles. The third-order valence-electron chi connectivity index (χ3n) is 0.673. The van der Waals surface area contributed by atoms with Crippen molar-refractivity contribution in [3.05, 3.63) is 25.5 Å². The number of hydrogen-bond acceptors (Lipinski definition) is 3. The number of aliphatic hydroxyl groups excluding tert-OH is 1. The van der Waals surface area contributed by atoms with E-state index in [4.69, 9.17) is 5.11 Å². The van der Waals surface area contributed by atoms with Gasteiger partial charge in [0.25, 0.3) is 0 Å². The number of rotatable bonds is 3. The molecule has 0 aromatic carbocycles. The van der Waals surface area contributed by atoms with E-state index >= 15 is 0 Å². The first kappa shape index (κ1) is 12.4. The Hall–Kier alpha value is -1.25. The fraction of sp³-hybridized carbons (Fsp3) is 0.375. The Morgan fingerprint density at radius 3 is 2.27 bits per heavy atom. The zero-order valence-electron chi connectivity index (χ0n) is 6.80. The summed E-state index contributed by atoms with van der Waals surface area (Å²) in [5.41, 5.74) is 0. The summed E-state index contributed by atoms with van der Waals surface area (Å²) in [5, 5.41) is 8.38. The van der Waals surface area contributed by atoms with Crippen LogP contribution in [0, 0.1) is 0 Å². The molecule has 3 nitrogen and oxygen atoms in total. The van der Waals surface area contributed by atoms with E-state index in [9.17, 15) is 4.79 Å². The van der Waals surface area contributed by atoms with Gasteiger partial charge in [-0.05, 0) is 13.0 Å². The quantitative estimate of drug-likeness (QED) is 0.295. The van der Waals surface area contributed by atoms with E-state index in [2.05, 4.69) is 24.5 Å². The number of esters is 1. The smallest absolute Gasteiger partial charge is 0.372 e. The summed E-state index contributed by atoms with van der Waals surface area (Å²) in [6, 6.07) is 0. The van der Waals surface area contributed by atoms with Crippen LogP contribution in [0.2, 0.25) is 0 Å². The van der Waals surface area contributed by atoms with Crippen LogP contribution in [0.15, 0.2) is 25.5 Å². The lowest BCUT2D eigenvalue weighted by Crippen LogP contribution is -2.06. The molecule has 0 aliphatic heterocycles. The molecule has 0 unspecified atom stereocenters. The number of carbonyl (C=O) groups excluding carboxylic acids is 1. The summed E-state index contributed by atoms with van der Waals surface area (Å²) < 4.78 is 4.46. The monoisotopic (exact) mass is 158 g/mol. The molecule has 0 aliphatic carbocycles. The first-order valence-corrected chi connectivity index (χ1v) is 3.23. The molecule has 0 amide bonds. The Morgan fingerprint density at radius 1 is 1.55 bits per heavy atom. The van der Waals surface area contributed by atoms with Crippen LogP contribution in [0.3, 0.4) is 0 Å². The van der Waals surface area contributed by atoms with Gasteiger partial charge in [0.2, 0.25) is 0 Å². The lowest BCUT2D eigenvalue weighted by Gasteiger charge is -1.98. The van der Waals surface area contributed by atoms with Gasteiger partial charge in [0.1, 0.15) is 0 Å². The third-order valence-corrected chi connectivity index (χ3v) is 0.673. The highest BCUT2D eigenvalue weighted by Gasteiger charge is 2.02. The second-order valence-electron chi connectivity index (χ2n) is 1.58. The Bertz CT molecular complexity index is 129. The first-order valence-electron chi connectivity index (χ1n) is 3.23. The van der Waals surface area contributed by atoms with Gasteiger partial charge in [-0.2, -0.15) is 0 Å². The van der Waals surface area contributed by atoms with Crippen LogP contribution in [0.1, 0.15) is 13.3 Å². The molecule has 0 radical (unpaired) electrons. The second-order valence-corrected chi connectivity index (χ2v) is 1.58. The van der Waals surface area contributed by atoms with Gasteiger partial charge in [-0.3, -0.25) is 0 Å². The minimum atomic E-state index is -0.739. The van der Waals surface area contributed by atoms with Gasteiger partial charge in [0.15, 0.2) is 5.76 Å². The molecule has 11 heavy (non-hydrogen) atoms. The molecule has 0 aliphatic rings. The van der Waals surface area contributed by atoms with E-state index in [1.54, 1.807) is 0 Å². The van der Waals surface area contributed by atoms with Crippen LogP contribution in [-0.4, -0.2) is 17.7 Å². The van der Waals surface area contributed by atoms with Crippen molar-refractivity contribution < 1.29 is 14.6 Å². The van der Waals surface area contributed by atoms with Gasteiger partial charge < -0.3 is 9.84 Å². The van der Waals surface area contributed by atoms with E-state index in [1.165, 1.54) is 0 Å². The molecule has 0 aromatic rings. The standard InChI is InChI=1S/C6H10O3.C2H4/c1-3-4-9-6(8)5(2)7;1-2/h7H,2-4H2,1H3;1-2H2. The molecular weight excluding hydrogens is 144 g/mol. The Morgan fingerprint density at radius 2 is 2.00 bits per heavy atom. The molecule has 0 heterocycles. The molecule has 0 spiro atoms. The number of hydrogen-bond donors (Lipinski definition) is 1. The van der Waals surface area contributed by atoms with Gasteiger partial charge in [0, 0.05) is 0 Å². The Balaban J connectivity index is 0. The van der Waals surface area contributed by atoms with Crippen molar-refractivity contribution in [1.29, 1.82) is 0 Å². The van der Waals surface area contributed by atoms with E-state index in [0.29, 0.717) is 6.61 Å². The Labute approximate surface area is 67.0 Å². The topological polar surface area (TPSA) is 46.5 Å². The molecule has 3 heteroatoms. The predicted molar refractivity (Wildman–Crippen MR) is 44.3 cm³/mol. The van der Waals surface area contributed by atoms with Crippen LogP contribution in [0.25, 0.3) is 0 Å². The van der Waals surface area contributed by atoms with Crippen LogP contribution in [0.4, 0.5) is 0 Å². The summed E-state index contributed by atoms with van der Waals surface area (Å²) in [7, 11) is 0. The van der Waals surface area contributed by atoms with Crippen molar-refractivity contribution in [2.45, 2.75) is 13.3 Å². The minimum absolute atomic E-state index is 0.332. The maximum atomic E-state index is 10.3. The van der Waals surface area contributed by atoms with Crippen LogP contribution < -0.4 is 0 Å². The zero-order chi connectivity index (χ0) is 9.28. The second kappa shape index (κ2) is 8.75. The van der Waals surface area contributed by atoms with Crippen molar-refractivity contribution in [2.75, 3.05) is 6.61 Å². The average molecular weight is 158 g/mol. The van der Waals surface area contributed by atoms with Crippen LogP contribution in [-0.2, 0) is 9.53 Å². The highest BCUT2D eigenvalue weighted by atomic mass is 16.5. The van der Waals surface area contributed by atoms with E-state index in [1.807, 2.05) is 6.92 Å². The van der Waals surface area contributed by atoms with Gasteiger partial charge in [-0.15, -0.1) is 13.2 Å². The summed E-state index contributed by atoms with van der Waals surface area (Å²) in [4.78, 5) is 10.3. The van der Waals surface area contributed by atoms with E-state index in [-0.39, 0.29) is 0 Å². The largest absolute Gasteiger partial charge is 0.502 e. The van der Waals surface area contributed by atoms with Crippen molar-refractivity contribution in [1.82, 2.24) is 0 Å². The molecule has 0 saturated heterocycles. The van der Waals surface area contributed by atoms with E-state index in [0.717, 1.165) is 6.42 Å². The predicted octanol–water partition coefficient (Wildman–Crippen LogP) is 1.81. The fourth-order valence-corrected chi connectivity index (χ4v) is 0.278. The van der Waals surface area contributed by atoms with Gasteiger partial charge in [-0.1, -0.05) is 6.92 Å². The van der Waals surface area contributed by atoms with Gasteiger partial charge >= 0.3 is 5.97 Å². The van der Waals surface area contributed by atoms with Gasteiger partial charge in [0.05, 0.1) is 6.61 Å². The Kier molecular flexibility index (Phi) is 9.89. The summed E-state index contributed by atoms with van der Waals surface area (Å²) in [6.07, 6.45) is 0.749. The molecule has 0 fully saturated rings. The number of carbonyl (C=O) groups is 1. The van der Waals surface area contributed by atoms with Crippen molar-refractivity contribution in [3.63, 3.8) is 0 Å². The molecule has 0 rings (SSSR count). The number of ether oxygens (including phenoxy) is 1. The summed E-state index contributed by atoms with van der Waals surface area (Å²) >= 11 is 0. The highest BCUT2D eigenvalue weighted by Crippen LogP contribution is 1.88. The average Bonchev–Trinajstić information content (AvgIpc) is 2.03. The normalized spacial score (nSPS) is 7.36. The summed E-state index contributed by atoms with van der Waals surface area (Å²) in [5.74, 6) is -1.28. The molecule has 0 aromatic heterocycles. The van der Waals surface area contributed by atoms with Crippen molar-refractivity contribution >= 4 is 5.97 Å². The van der Waals surface area contributed by atoms with Crippen molar-refractivity contribution in [2.24, 2.45) is 0 Å². The van der Waals surface area contributed by atoms with Crippen LogP contribution in [0.5, 0.6) is 0 Å². The van der Waals surface area contributed by atoms with Gasteiger partial charge in [-0.25, -0.2) is 4.79 Å². The summed E-state index contributed by atoms with van der Waals surface area (Å²) in [6.45, 7) is 11.2. The van der Waals surface area contributed by atoms with Crippen LogP contribution >= 0.6 is 0 Å². The molecule has 0 bridgehead atoms. The lowest BCUT2D eigenvalue weighted by molar-refractivity contribution is -0.141. The van der Waals surface area contributed by atoms with Crippen molar-refractivity contribution in [3.8, 4) is 0 Å². The third kappa shape index (κ3) is 8.75. The maximum Gasteiger partial charge on any atom is 0.372 e. The lowest BCUT2D eigenvalue weighted by atomic mass is 10.5. The molecule has 1 N–H and O–H groups in total. The highest BCUT2D eigenvalue weighted by molar-refractivity contribution is 5.84.